The van der Waals surface area contributed by atoms with Crippen molar-refractivity contribution >= 4 is 11.8 Å². The zero-order valence-corrected chi connectivity index (χ0v) is 24.9. The van der Waals surface area contributed by atoms with Crippen LogP contribution in [-0.2, 0) is 19.3 Å². The Morgan fingerprint density at radius 1 is 0.721 bits per heavy atom. The summed E-state index contributed by atoms with van der Waals surface area (Å²) >= 11 is 0. The van der Waals surface area contributed by atoms with Crippen molar-refractivity contribution in [3.8, 4) is 46.0 Å². The lowest BCUT2D eigenvalue weighted by molar-refractivity contribution is 0.219. The summed E-state index contributed by atoms with van der Waals surface area (Å²) in [5.74, 6) is 5.70. The van der Waals surface area contributed by atoms with E-state index in [0.29, 0.717) is 23.0 Å². The van der Waals surface area contributed by atoms with Gasteiger partial charge in [-0.1, -0.05) is 18.2 Å². The van der Waals surface area contributed by atoms with Crippen molar-refractivity contribution in [1.82, 2.24) is 9.80 Å². The fourth-order valence-electron chi connectivity index (χ4n) is 6.83. The average molecular weight is 575 g/mol. The third kappa shape index (κ3) is 4.29. The molecule has 43 heavy (non-hydrogen) atoms. The van der Waals surface area contributed by atoms with Crippen LogP contribution < -0.4 is 23.7 Å². The van der Waals surface area contributed by atoms with Gasteiger partial charge in [0, 0.05) is 43.0 Å². The molecule has 9 rings (SSSR count). The highest BCUT2D eigenvalue weighted by molar-refractivity contribution is 5.84. The average Bonchev–Trinajstić information content (AvgIpc) is 3.02. The lowest BCUT2D eigenvalue weighted by atomic mass is 9.87. The largest absolute Gasteiger partial charge is 0.493 e. The first-order valence-electron chi connectivity index (χ1n) is 14.8. The van der Waals surface area contributed by atoms with Crippen molar-refractivity contribution < 1.29 is 23.7 Å². The highest BCUT2D eigenvalue weighted by Gasteiger charge is 2.36. The highest BCUT2D eigenvalue weighted by atomic mass is 16.6. The van der Waals surface area contributed by atoms with Gasteiger partial charge in [0.25, 0.3) is 0 Å². The number of methoxy groups -OCH3 is 2. The van der Waals surface area contributed by atoms with Gasteiger partial charge in [0.05, 0.1) is 14.2 Å². The molecule has 7 bridgehead atoms. The smallest absolute Gasteiger partial charge is 0.212 e. The van der Waals surface area contributed by atoms with E-state index in [9.17, 15) is 0 Å². The van der Waals surface area contributed by atoms with Gasteiger partial charge in [0.2, 0.25) is 5.75 Å². The predicted molar refractivity (Wildman–Crippen MR) is 166 cm³/mol. The van der Waals surface area contributed by atoms with E-state index in [-0.39, 0.29) is 6.04 Å². The van der Waals surface area contributed by atoms with E-state index in [1.807, 2.05) is 18.2 Å². The van der Waals surface area contributed by atoms with Crippen molar-refractivity contribution in [2.75, 3.05) is 41.4 Å². The maximum absolute atomic E-state index is 6.88. The van der Waals surface area contributed by atoms with Crippen LogP contribution in [0.5, 0.6) is 46.0 Å². The van der Waals surface area contributed by atoms with E-state index < -0.39 is 0 Å². The van der Waals surface area contributed by atoms with Crippen molar-refractivity contribution in [3.63, 3.8) is 0 Å². The number of rotatable bonds is 2. The van der Waals surface area contributed by atoms with E-state index in [4.69, 9.17) is 23.7 Å². The molecule has 0 spiro atoms. The third-order valence-corrected chi connectivity index (χ3v) is 9.21. The van der Waals surface area contributed by atoms with Crippen molar-refractivity contribution in [2.24, 2.45) is 0 Å². The molecule has 218 valence electrons. The SMILES string of the molecule is COc1ccc2cc1Oc1ccc(cc1)C=C1c3cc4c(cc3CCN1C)Oc1c(OC)cc3c(c1O4)[C@@H](C2)N(C)CC3. The minimum atomic E-state index is 0.0622. The van der Waals surface area contributed by atoms with Gasteiger partial charge >= 0.3 is 0 Å². The Morgan fingerprint density at radius 2 is 1.49 bits per heavy atom. The molecular formula is C36H34N2O5. The van der Waals surface area contributed by atoms with Gasteiger partial charge in [-0.25, -0.2) is 0 Å². The summed E-state index contributed by atoms with van der Waals surface area (Å²) in [6.45, 7) is 1.84. The van der Waals surface area contributed by atoms with Crippen LogP contribution in [0.4, 0.5) is 0 Å². The second-order valence-corrected chi connectivity index (χ2v) is 11.8. The van der Waals surface area contributed by atoms with E-state index >= 15 is 0 Å². The summed E-state index contributed by atoms with van der Waals surface area (Å²) in [5.41, 5.74) is 8.15. The van der Waals surface area contributed by atoms with E-state index in [0.717, 1.165) is 83.3 Å². The molecule has 5 heterocycles. The molecule has 0 unspecified atom stereocenters. The molecule has 7 nitrogen and oxygen atoms in total. The normalized spacial score (nSPS) is 18.1. The Bertz CT molecular complexity index is 1800. The summed E-state index contributed by atoms with van der Waals surface area (Å²) in [6.07, 6.45) is 4.81. The van der Waals surface area contributed by atoms with Crippen LogP contribution in [0, 0.1) is 0 Å². The molecule has 0 aliphatic carbocycles. The molecule has 0 amide bonds. The van der Waals surface area contributed by atoms with Crippen LogP contribution in [0.15, 0.2) is 60.7 Å². The van der Waals surface area contributed by atoms with E-state index in [2.05, 4.69) is 72.4 Å². The first kappa shape index (κ1) is 26.0. The van der Waals surface area contributed by atoms with Crippen LogP contribution in [0.1, 0.15) is 39.4 Å². The van der Waals surface area contributed by atoms with Crippen LogP contribution in [0.2, 0.25) is 0 Å². The maximum atomic E-state index is 6.88. The molecule has 0 radical (unpaired) electrons. The summed E-state index contributed by atoms with van der Waals surface area (Å²) in [4.78, 5) is 4.71. The minimum Gasteiger partial charge on any atom is -0.493 e. The Morgan fingerprint density at radius 3 is 2.30 bits per heavy atom. The molecule has 0 N–H and O–H groups in total. The number of benzene rings is 4. The summed E-state index contributed by atoms with van der Waals surface area (Å²) < 4.78 is 31.5. The standard InChI is InChI=1S/C36H34N2O5/c1-37-13-11-23-18-31-32-20-26(23)27(37)15-21-5-8-25(9-6-21)41-30-17-22(7-10-29(30)39-3)16-28-34-24(12-14-38(28)2)19-33(40-4)35(42-31)36(34)43-32/h5-10,15,17-20,28H,11-14,16H2,1-4H3/t28-/m1/s1. The molecule has 5 aliphatic heterocycles. The monoisotopic (exact) mass is 574 g/mol. The number of fused-ring (bicyclic) bond motifs is 2. The van der Waals surface area contributed by atoms with Gasteiger partial charge in [-0.05, 0) is 97.1 Å². The van der Waals surface area contributed by atoms with Gasteiger partial charge in [-0.15, -0.1) is 0 Å². The van der Waals surface area contributed by atoms with Gasteiger partial charge in [0.1, 0.15) is 5.75 Å². The van der Waals surface area contributed by atoms with Gasteiger partial charge in [-0.3, -0.25) is 4.90 Å². The molecular weight excluding hydrogens is 540 g/mol. The van der Waals surface area contributed by atoms with Crippen LogP contribution in [0.3, 0.4) is 0 Å². The highest BCUT2D eigenvalue weighted by Crippen LogP contribution is 2.56. The van der Waals surface area contributed by atoms with Crippen molar-refractivity contribution in [1.29, 1.82) is 0 Å². The molecule has 7 heteroatoms. The molecule has 0 aromatic heterocycles. The second kappa shape index (κ2) is 9.99. The van der Waals surface area contributed by atoms with Crippen molar-refractivity contribution in [2.45, 2.75) is 25.3 Å². The number of nitrogens with zero attached hydrogens (tertiary/aromatic N) is 2. The molecule has 0 fully saturated rings. The van der Waals surface area contributed by atoms with Gasteiger partial charge in [-0.2, -0.15) is 0 Å². The fraction of sp³-hybridized carbons (Fsp3) is 0.278. The Kier molecular flexibility index (Phi) is 6.05. The number of hydrogen-bond acceptors (Lipinski definition) is 7. The Labute approximate surface area is 251 Å². The summed E-state index contributed by atoms with van der Waals surface area (Å²) in [7, 11) is 7.70. The number of ether oxygens (including phenoxy) is 5. The Balaban J connectivity index is 1.37. The molecule has 0 saturated carbocycles. The lowest BCUT2D eigenvalue weighted by Gasteiger charge is -2.38. The molecule has 1 atom stereocenters. The minimum absolute atomic E-state index is 0.0622. The zero-order chi connectivity index (χ0) is 29.2. The number of likely N-dealkylation sites (N-methyl/N-ethyl adjacent to an activating group) is 2. The van der Waals surface area contributed by atoms with Crippen LogP contribution >= 0.6 is 0 Å². The summed E-state index contributed by atoms with van der Waals surface area (Å²) in [5, 5.41) is 0. The number of hydrogen-bond donors (Lipinski definition) is 0. The summed E-state index contributed by atoms with van der Waals surface area (Å²) in [6, 6.07) is 20.9. The van der Waals surface area contributed by atoms with Gasteiger partial charge in [0.15, 0.2) is 34.5 Å². The first-order chi connectivity index (χ1) is 21.0. The Hall–Kier alpha value is -4.62. The quantitative estimate of drug-likeness (QED) is 0.217. The van der Waals surface area contributed by atoms with Crippen LogP contribution in [0.25, 0.3) is 11.8 Å². The molecule has 5 aliphatic rings. The maximum Gasteiger partial charge on any atom is 0.212 e. The zero-order valence-electron chi connectivity index (χ0n) is 24.9. The molecule has 4 aromatic carbocycles. The van der Waals surface area contributed by atoms with Crippen LogP contribution in [-0.4, -0.2) is 51.2 Å². The molecule has 4 aromatic rings. The second-order valence-electron chi connectivity index (χ2n) is 11.8. The topological polar surface area (TPSA) is 52.6 Å². The van der Waals surface area contributed by atoms with Crippen molar-refractivity contribution in [3.05, 3.63) is 94.0 Å². The third-order valence-electron chi connectivity index (χ3n) is 9.21. The fourth-order valence-corrected chi connectivity index (χ4v) is 6.83. The van der Waals surface area contributed by atoms with Gasteiger partial charge < -0.3 is 28.6 Å². The predicted octanol–water partition coefficient (Wildman–Crippen LogP) is 7.47. The molecule has 0 saturated heterocycles. The van der Waals surface area contributed by atoms with E-state index in [1.54, 1.807) is 14.2 Å². The first-order valence-corrected chi connectivity index (χ1v) is 14.8. The lowest BCUT2D eigenvalue weighted by Crippen LogP contribution is -2.34. The van der Waals surface area contributed by atoms with E-state index in [1.165, 1.54) is 11.1 Å².